The molecule has 4 rings (SSSR count). The minimum absolute atomic E-state index is 0.298. The van der Waals surface area contributed by atoms with E-state index in [4.69, 9.17) is 4.74 Å². The Bertz CT molecular complexity index is 939. The summed E-state index contributed by atoms with van der Waals surface area (Å²) in [5.74, 6) is 0.433. The molecule has 0 aliphatic carbocycles. The Morgan fingerprint density at radius 2 is 1.63 bits per heavy atom. The summed E-state index contributed by atoms with van der Waals surface area (Å²) in [4.78, 5) is 13.1. The van der Waals surface area contributed by atoms with Gasteiger partial charge in [0.15, 0.2) is 0 Å². The molecule has 1 aliphatic heterocycles. The highest BCUT2D eigenvalue weighted by Gasteiger charge is 2.23. The van der Waals surface area contributed by atoms with E-state index in [9.17, 15) is 9.90 Å². The Balaban J connectivity index is 1.43. The number of benzene rings is 3. The Labute approximate surface area is 181 Å². The van der Waals surface area contributed by atoms with Crippen LogP contribution in [-0.4, -0.2) is 31.4 Å². The zero-order valence-corrected chi connectivity index (χ0v) is 17.5. The average Bonchev–Trinajstić information content (AvgIpc) is 3.20. The molecule has 0 radical (unpaired) electrons. The Kier molecular flexibility index (Phi) is 6.60. The molecule has 0 bridgehead atoms. The van der Waals surface area contributed by atoms with Gasteiger partial charge in [0.1, 0.15) is 12.4 Å². The van der Waals surface area contributed by atoms with Crippen LogP contribution in [0.1, 0.15) is 21.9 Å². The number of fused-ring (bicyclic) bond motifs is 1. The molecule has 0 unspecified atom stereocenters. The van der Waals surface area contributed by atoms with E-state index in [0.29, 0.717) is 11.0 Å². The van der Waals surface area contributed by atoms with Crippen molar-refractivity contribution in [1.82, 2.24) is 0 Å². The largest absolute Gasteiger partial charge is 0.546 e. The van der Waals surface area contributed by atoms with Crippen LogP contribution in [0.2, 0.25) is 0 Å². The van der Waals surface area contributed by atoms with Gasteiger partial charge in [-0.1, -0.05) is 66.7 Å². The maximum Gasteiger partial charge on any atom is 0.128 e. The average molecular weight is 419 g/mol. The van der Waals surface area contributed by atoms with Crippen LogP contribution in [0.25, 0.3) is 0 Å². The predicted octanol–water partition coefficient (Wildman–Crippen LogP) is 3.70. The van der Waals surface area contributed by atoms with Crippen LogP contribution in [0, 0.1) is 0 Å². The number of ether oxygens (including phenoxy) is 1. The third-order valence-electron chi connectivity index (χ3n) is 5.28. The molecule has 4 nitrogen and oxygen atoms in total. The lowest BCUT2D eigenvalue weighted by atomic mass is 10.0. The van der Waals surface area contributed by atoms with Crippen molar-refractivity contribution in [2.75, 3.05) is 30.3 Å². The fourth-order valence-electron chi connectivity index (χ4n) is 3.89. The first-order chi connectivity index (χ1) is 14.7. The molecule has 154 valence electrons. The molecule has 1 aliphatic rings. The van der Waals surface area contributed by atoms with Crippen LogP contribution in [0.5, 0.6) is 5.75 Å². The normalized spacial score (nSPS) is 12.8. The van der Waals surface area contributed by atoms with Gasteiger partial charge >= 0.3 is 0 Å². The molecular weight excluding hydrogens is 394 g/mol. The van der Waals surface area contributed by atoms with Crippen molar-refractivity contribution in [3.05, 3.63) is 95.6 Å². The number of carboxylic acid groups (broad SMARTS) is 1. The maximum absolute atomic E-state index is 10.7. The van der Waals surface area contributed by atoms with Gasteiger partial charge in [-0.25, -0.2) is 0 Å². The molecule has 0 spiro atoms. The van der Waals surface area contributed by atoms with Crippen LogP contribution in [0.4, 0.5) is 5.69 Å². The maximum atomic E-state index is 10.7. The van der Waals surface area contributed by atoms with E-state index in [2.05, 4.69) is 71.6 Å². The molecule has 0 atom stereocenters. The number of hydrogen-bond donors (Lipinski definition) is 0. The number of carboxylic acids is 1. The summed E-state index contributed by atoms with van der Waals surface area (Å²) < 4.78 is 5.42. The summed E-state index contributed by atoms with van der Waals surface area (Å²) in [6, 6.07) is 27.1. The fourth-order valence-corrected chi connectivity index (χ4v) is 5.15. The number of rotatable bonds is 9. The third-order valence-corrected chi connectivity index (χ3v) is 6.57. The lowest BCUT2D eigenvalue weighted by Gasteiger charge is -2.22. The molecule has 5 heteroatoms. The van der Waals surface area contributed by atoms with Gasteiger partial charge in [-0.3, -0.25) is 0 Å². The second-order valence-corrected chi connectivity index (χ2v) is 8.44. The van der Waals surface area contributed by atoms with E-state index in [0.717, 1.165) is 36.5 Å². The molecule has 3 aromatic rings. The van der Waals surface area contributed by atoms with Gasteiger partial charge in [-0.2, -0.15) is 0 Å². The molecular formula is C25H24NO3S-. The number of hydrogen-bond acceptors (Lipinski definition) is 5. The quantitative estimate of drug-likeness (QED) is 0.530. The van der Waals surface area contributed by atoms with Crippen molar-refractivity contribution < 1.29 is 14.6 Å². The Morgan fingerprint density at radius 1 is 0.967 bits per heavy atom. The van der Waals surface area contributed by atoms with Gasteiger partial charge < -0.3 is 19.5 Å². The minimum Gasteiger partial charge on any atom is -0.546 e. The lowest BCUT2D eigenvalue weighted by Crippen LogP contribution is -2.29. The summed E-state index contributed by atoms with van der Waals surface area (Å²) in [6.07, 6.45) is 0.865. The van der Waals surface area contributed by atoms with E-state index in [1.165, 1.54) is 11.1 Å². The molecule has 0 saturated carbocycles. The van der Waals surface area contributed by atoms with Gasteiger partial charge in [0.05, 0.1) is 11.2 Å². The topological polar surface area (TPSA) is 52.6 Å². The van der Waals surface area contributed by atoms with E-state index < -0.39 is 12.6 Å². The zero-order valence-electron chi connectivity index (χ0n) is 16.7. The van der Waals surface area contributed by atoms with Crippen molar-refractivity contribution in [3.63, 3.8) is 0 Å². The predicted molar refractivity (Wildman–Crippen MR) is 120 cm³/mol. The Hall–Kier alpha value is -2.92. The van der Waals surface area contributed by atoms with Gasteiger partial charge in [-0.05, 0) is 29.7 Å². The first-order valence-corrected chi connectivity index (χ1v) is 11.2. The summed E-state index contributed by atoms with van der Waals surface area (Å²) in [7, 11) is 0. The van der Waals surface area contributed by atoms with Crippen LogP contribution in [0.15, 0.2) is 78.9 Å². The van der Waals surface area contributed by atoms with Gasteiger partial charge in [0, 0.05) is 30.1 Å². The highest BCUT2D eigenvalue weighted by molar-refractivity contribution is 7.99. The number of nitrogens with zero attached hydrogens (tertiary/aromatic N) is 1. The first kappa shape index (κ1) is 20.4. The van der Waals surface area contributed by atoms with Crippen LogP contribution in [-0.2, 0) is 11.2 Å². The van der Waals surface area contributed by atoms with Crippen molar-refractivity contribution in [2.24, 2.45) is 0 Å². The second-order valence-electron chi connectivity index (χ2n) is 7.22. The molecule has 30 heavy (non-hydrogen) atoms. The van der Waals surface area contributed by atoms with E-state index in [-0.39, 0.29) is 0 Å². The van der Waals surface area contributed by atoms with E-state index in [1.54, 1.807) is 0 Å². The first-order valence-electron chi connectivity index (χ1n) is 10.1. The molecule has 0 fully saturated rings. The van der Waals surface area contributed by atoms with Crippen LogP contribution < -0.4 is 14.7 Å². The monoisotopic (exact) mass is 418 g/mol. The fraction of sp³-hybridized carbons (Fsp3) is 0.240. The molecule has 1 heterocycles. The van der Waals surface area contributed by atoms with Crippen molar-refractivity contribution in [2.45, 2.75) is 11.7 Å². The second kappa shape index (κ2) is 9.72. The number of carbonyl (C=O) groups is 1. The van der Waals surface area contributed by atoms with Gasteiger partial charge in [-0.15, -0.1) is 11.8 Å². The van der Waals surface area contributed by atoms with E-state index >= 15 is 0 Å². The summed E-state index contributed by atoms with van der Waals surface area (Å²) in [5.41, 5.74) is 4.86. The SMILES string of the molecule is O=C([O-])COc1cccc2c1CCN2CCSC(c1ccccc1)c1ccccc1. The van der Waals surface area contributed by atoms with Gasteiger partial charge in [0.25, 0.3) is 0 Å². The molecule has 3 aromatic carbocycles. The third kappa shape index (κ3) is 4.79. The van der Waals surface area contributed by atoms with Crippen molar-refractivity contribution in [1.29, 1.82) is 0 Å². The minimum atomic E-state index is -1.20. The van der Waals surface area contributed by atoms with Crippen molar-refractivity contribution >= 4 is 23.4 Å². The highest BCUT2D eigenvalue weighted by atomic mass is 32.2. The lowest BCUT2D eigenvalue weighted by molar-refractivity contribution is -0.307. The molecule has 0 N–H and O–H groups in total. The Morgan fingerprint density at radius 3 is 2.27 bits per heavy atom. The number of thioether (sulfide) groups is 1. The summed E-state index contributed by atoms with van der Waals surface area (Å²) >= 11 is 1.95. The van der Waals surface area contributed by atoms with E-state index in [1.807, 2.05) is 23.9 Å². The van der Waals surface area contributed by atoms with Gasteiger partial charge in [0.2, 0.25) is 0 Å². The number of carbonyl (C=O) groups excluding carboxylic acids is 1. The van der Waals surface area contributed by atoms with Crippen LogP contribution in [0.3, 0.4) is 0 Å². The van der Waals surface area contributed by atoms with Crippen LogP contribution >= 0.6 is 11.8 Å². The van der Waals surface area contributed by atoms with Crippen molar-refractivity contribution in [3.8, 4) is 5.75 Å². The smallest absolute Gasteiger partial charge is 0.128 e. The standard InChI is InChI=1S/C25H25NO3S/c27-24(28)18-29-23-13-7-12-22-21(23)14-15-26(22)16-17-30-25(19-8-3-1-4-9-19)20-10-5-2-6-11-20/h1-13,25H,14-18H2,(H,27,28)/p-1. The summed E-state index contributed by atoms with van der Waals surface area (Å²) in [6.45, 7) is 1.43. The zero-order chi connectivity index (χ0) is 20.8. The summed E-state index contributed by atoms with van der Waals surface area (Å²) in [5, 5.41) is 11.0. The molecule has 0 aromatic heterocycles. The molecule has 0 amide bonds. The number of aliphatic carboxylic acids is 1. The molecule has 0 saturated heterocycles. The number of anilines is 1. The highest BCUT2D eigenvalue weighted by Crippen LogP contribution is 2.38.